The van der Waals surface area contributed by atoms with Crippen LogP contribution in [0.3, 0.4) is 0 Å². The fourth-order valence-electron chi connectivity index (χ4n) is 1.92. The van der Waals surface area contributed by atoms with E-state index < -0.39 is 5.25 Å². The van der Waals surface area contributed by atoms with Gasteiger partial charge in [0.25, 0.3) is 0 Å². The number of thioether (sulfide) groups is 1. The first-order chi connectivity index (χ1) is 11.5. The smallest absolute Gasteiger partial charge is 0.237 e. The van der Waals surface area contributed by atoms with E-state index in [1.54, 1.807) is 19.1 Å². The molecule has 0 aliphatic carbocycles. The quantitative estimate of drug-likeness (QED) is 0.497. The van der Waals surface area contributed by atoms with Gasteiger partial charge in [-0.15, -0.1) is 10.2 Å². The molecule has 7 nitrogen and oxygen atoms in total. The Bertz CT molecular complexity index is 832. The molecule has 9 heteroatoms. The van der Waals surface area contributed by atoms with Crippen molar-refractivity contribution >= 4 is 39.3 Å². The molecule has 0 unspecified atom stereocenters. The zero-order chi connectivity index (χ0) is 17.1. The molecule has 3 aromatic rings. The summed E-state index contributed by atoms with van der Waals surface area (Å²) in [6.45, 7) is 1.78. The first-order valence-corrected chi connectivity index (χ1v) is 8.69. The zero-order valence-corrected chi connectivity index (χ0v) is 15.0. The summed E-state index contributed by atoms with van der Waals surface area (Å²) < 4.78 is 7.52. The van der Waals surface area contributed by atoms with Crippen molar-refractivity contribution in [2.45, 2.75) is 17.3 Å². The van der Waals surface area contributed by atoms with Gasteiger partial charge in [0.1, 0.15) is 0 Å². The number of furan rings is 1. The Labute approximate surface area is 150 Å². The number of nitrogens with one attached hydrogen (secondary N) is 1. The van der Waals surface area contributed by atoms with E-state index in [0.717, 1.165) is 10.2 Å². The maximum atomic E-state index is 12.3. The third kappa shape index (κ3) is 3.62. The van der Waals surface area contributed by atoms with Gasteiger partial charge in [-0.3, -0.25) is 4.79 Å². The van der Waals surface area contributed by atoms with E-state index in [2.05, 4.69) is 31.4 Å². The van der Waals surface area contributed by atoms with Gasteiger partial charge in [0.15, 0.2) is 5.76 Å². The number of nitrogens with zero attached hydrogens (tertiary/aromatic N) is 3. The van der Waals surface area contributed by atoms with Gasteiger partial charge < -0.3 is 15.6 Å². The highest BCUT2D eigenvalue weighted by Crippen LogP contribution is 2.25. The summed E-state index contributed by atoms with van der Waals surface area (Å²) in [6.07, 6.45) is 1.53. The van der Waals surface area contributed by atoms with E-state index in [1.807, 2.05) is 24.3 Å². The standard InChI is InChI=1S/C15H14BrN5O2S/c1-9(14(22)18-11-6-4-10(16)5-7-11)24-15-20-19-13(21(15)17)12-3-2-8-23-12/h2-9H,17H2,1H3,(H,18,22)/t9-/m0/s1. The molecule has 2 heterocycles. The van der Waals surface area contributed by atoms with Crippen LogP contribution in [-0.2, 0) is 4.79 Å². The lowest BCUT2D eigenvalue weighted by atomic mass is 10.3. The van der Waals surface area contributed by atoms with E-state index in [4.69, 9.17) is 10.3 Å². The number of nitrogens with two attached hydrogens (primary N) is 1. The molecule has 3 rings (SSSR count). The van der Waals surface area contributed by atoms with E-state index in [0.29, 0.717) is 16.7 Å². The number of aromatic nitrogens is 3. The molecular weight excluding hydrogens is 394 g/mol. The van der Waals surface area contributed by atoms with Crippen LogP contribution in [0.15, 0.2) is 56.7 Å². The Morgan fingerprint density at radius 2 is 2.08 bits per heavy atom. The van der Waals surface area contributed by atoms with Crippen LogP contribution in [-0.4, -0.2) is 26.0 Å². The monoisotopic (exact) mass is 407 g/mol. The Kier molecular flexibility index (Phi) is 4.91. The topological polar surface area (TPSA) is 99.0 Å². The molecule has 0 fully saturated rings. The summed E-state index contributed by atoms with van der Waals surface area (Å²) in [7, 11) is 0. The average Bonchev–Trinajstić information content (AvgIpc) is 3.20. The predicted molar refractivity (Wildman–Crippen MR) is 96.0 cm³/mol. The minimum atomic E-state index is -0.399. The third-order valence-corrected chi connectivity index (χ3v) is 4.75. The van der Waals surface area contributed by atoms with Crippen LogP contribution in [0.4, 0.5) is 5.69 Å². The Morgan fingerprint density at radius 1 is 1.33 bits per heavy atom. The second kappa shape index (κ2) is 7.10. The minimum absolute atomic E-state index is 0.148. The molecule has 124 valence electrons. The maximum absolute atomic E-state index is 12.3. The molecule has 0 spiro atoms. The van der Waals surface area contributed by atoms with E-state index in [9.17, 15) is 4.79 Å². The maximum Gasteiger partial charge on any atom is 0.237 e. The van der Waals surface area contributed by atoms with E-state index >= 15 is 0 Å². The Hall–Kier alpha value is -2.26. The molecule has 0 saturated heterocycles. The van der Waals surface area contributed by atoms with Crippen LogP contribution in [0.25, 0.3) is 11.6 Å². The average molecular weight is 408 g/mol. The highest BCUT2D eigenvalue weighted by Gasteiger charge is 2.20. The molecule has 1 atom stereocenters. The summed E-state index contributed by atoms with van der Waals surface area (Å²) in [5.74, 6) is 6.76. The lowest BCUT2D eigenvalue weighted by molar-refractivity contribution is -0.115. The SMILES string of the molecule is C[C@H](Sc1nnc(-c2ccco2)n1N)C(=O)Nc1ccc(Br)cc1. The molecule has 0 aliphatic rings. The minimum Gasteiger partial charge on any atom is -0.461 e. The first-order valence-electron chi connectivity index (χ1n) is 7.02. The van der Waals surface area contributed by atoms with Crippen LogP contribution < -0.4 is 11.2 Å². The second-order valence-electron chi connectivity index (χ2n) is 4.91. The molecule has 1 aromatic carbocycles. The number of hydrogen-bond acceptors (Lipinski definition) is 6. The van der Waals surface area contributed by atoms with Crippen molar-refractivity contribution in [2.24, 2.45) is 0 Å². The highest BCUT2D eigenvalue weighted by molar-refractivity contribution is 9.10. The summed E-state index contributed by atoms with van der Waals surface area (Å²) >= 11 is 4.58. The Balaban J connectivity index is 1.67. The highest BCUT2D eigenvalue weighted by atomic mass is 79.9. The molecule has 0 aliphatic heterocycles. The lowest BCUT2D eigenvalue weighted by Crippen LogP contribution is -2.23. The number of halogens is 1. The fraction of sp³-hybridized carbons (Fsp3) is 0.133. The summed E-state index contributed by atoms with van der Waals surface area (Å²) in [5, 5.41) is 10.9. The summed E-state index contributed by atoms with van der Waals surface area (Å²) in [5.41, 5.74) is 0.723. The van der Waals surface area contributed by atoms with Gasteiger partial charge in [0.2, 0.25) is 16.9 Å². The van der Waals surface area contributed by atoms with Crippen molar-refractivity contribution < 1.29 is 9.21 Å². The number of amides is 1. The molecule has 0 saturated carbocycles. The summed E-state index contributed by atoms with van der Waals surface area (Å²) in [6, 6.07) is 10.8. The van der Waals surface area contributed by atoms with Gasteiger partial charge in [-0.1, -0.05) is 27.7 Å². The van der Waals surface area contributed by atoms with Gasteiger partial charge in [0, 0.05) is 10.2 Å². The first kappa shape index (κ1) is 16.6. The zero-order valence-electron chi connectivity index (χ0n) is 12.6. The van der Waals surface area contributed by atoms with Crippen molar-refractivity contribution in [3.05, 3.63) is 47.1 Å². The molecule has 3 N–H and O–H groups in total. The van der Waals surface area contributed by atoms with Crippen molar-refractivity contribution in [1.29, 1.82) is 0 Å². The number of nitrogen functional groups attached to an aromatic ring is 1. The number of carbonyl (C=O) groups excluding carboxylic acids is 1. The predicted octanol–water partition coefficient (Wildman–Crippen LogP) is 3.13. The molecule has 0 bridgehead atoms. The molecule has 2 aromatic heterocycles. The van der Waals surface area contributed by atoms with Gasteiger partial charge in [-0.25, -0.2) is 4.68 Å². The fourth-order valence-corrected chi connectivity index (χ4v) is 2.95. The van der Waals surface area contributed by atoms with Crippen molar-refractivity contribution in [3.8, 4) is 11.6 Å². The van der Waals surface area contributed by atoms with Crippen LogP contribution in [0, 0.1) is 0 Å². The number of benzene rings is 1. The summed E-state index contributed by atoms with van der Waals surface area (Å²) in [4.78, 5) is 12.3. The van der Waals surface area contributed by atoms with E-state index in [1.165, 1.54) is 22.7 Å². The van der Waals surface area contributed by atoms with Crippen LogP contribution in [0.1, 0.15) is 6.92 Å². The van der Waals surface area contributed by atoms with Crippen LogP contribution >= 0.6 is 27.7 Å². The Morgan fingerprint density at radius 3 is 2.75 bits per heavy atom. The number of hydrogen-bond donors (Lipinski definition) is 2. The molecule has 24 heavy (non-hydrogen) atoms. The number of anilines is 1. The van der Waals surface area contributed by atoms with Crippen molar-refractivity contribution in [3.63, 3.8) is 0 Å². The van der Waals surface area contributed by atoms with Gasteiger partial charge in [0.05, 0.1) is 11.5 Å². The van der Waals surface area contributed by atoms with Gasteiger partial charge >= 0.3 is 0 Å². The molecular formula is C15H14BrN5O2S. The molecule has 1 amide bonds. The third-order valence-electron chi connectivity index (χ3n) is 3.17. The van der Waals surface area contributed by atoms with Gasteiger partial charge in [-0.2, -0.15) is 0 Å². The largest absolute Gasteiger partial charge is 0.461 e. The van der Waals surface area contributed by atoms with E-state index in [-0.39, 0.29) is 5.91 Å². The normalized spacial score (nSPS) is 12.1. The van der Waals surface area contributed by atoms with Gasteiger partial charge in [-0.05, 0) is 43.3 Å². The second-order valence-corrected chi connectivity index (χ2v) is 7.13. The number of carbonyl (C=O) groups is 1. The lowest BCUT2D eigenvalue weighted by Gasteiger charge is -2.11. The van der Waals surface area contributed by atoms with Crippen molar-refractivity contribution in [2.75, 3.05) is 11.2 Å². The van der Waals surface area contributed by atoms with Crippen molar-refractivity contribution in [1.82, 2.24) is 14.9 Å². The van der Waals surface area contributed by atoms with Crippen LogP contribution in [0.2, 0.25) is 0 Å². The number of rotatable bonds is 5. The molecule has 0 radical (unpaired) electrons. The van der Waals surface area contributed by atoms with Crippen LogP contribution in [0.5, 0.6) is 0 Å².